The second kappa shape index (κ2) is 7.45. The molecule has 0 saturated carbocycles. The number of anilines is 2. The Morgan fingerprint density at radius 3 is 2.67 bits per heavy atom. The molecule has 0 unspecified atom stereocenters. The van der Waals surface area contributed by atoms with Crippen LogP contribution in [0, 0.1) is 0 Å². The number of hydrogen-bond acceptors (Lipinski definition) is 3. The molecule has 27 heavy (non-hydrogen) atoms. The Hall–Kier alpha value is -2.79. The van der Waals surface area contributed by atoms with Crippen LogP contribution in [-0.4, -0.2) is 24.6 Å². The van der Waals surface area contributed by atoms with Crippen LogP contribution < -0.4 is 10.2 Å². The zero-order valence-corrected chi connectivity index (χ0v) is 15.9. The molecule has 1 heterocycles. The van der Waals surface area contributed by atoms with E-state index >= 15 is 0 Å². The van der Waals surface area contributed by atoms with E-state index < -0.39 is 0 Å². The van der Waals surface area contributed by atoms with Gasteiger partial charge in [-0.2, -0.15) is 0 Å². The maximum atomic E-state index is 12.7. The van der Waals surface area contributed by atoms with Crippen molar-refractivity contribution < 1.29 is 9.59 Å². The lowest BCUT2D eigenvalue weighted by atomic mass is 10.1. The van der Waals surface area contributed by atoms with Crippen LogP contribution in [0.25, 0.3) is 10.8 Å². The minimum Gasteiger partial charge on any atom is -0.326 e. The van der Waals surface area contributed by atoms with E-state index in [0.717, 1.165) is 32.6 Å². The molecular weight excluding hydrogens is 356 g/mol. The molecule has 0 fully saturated rings. The summed E-state index contributed by atoms with van der Waals surface area (Å²) in [4.78, 5) is 27.9. The summed E-state index contributed by atoms with van der Waals surface area (Å²) in [7, 11) is 0. The average Bonchev–Trinajstić information content (AvgIpc) is 2.96. The zero-order valence-electron chi connectivity index (χ0n) is 15.1. The largest absolute Gasteiger partial charge is 0.326 e. The van der Waals surface area contributed by atoms with Crippen molar-refractivity contribution in [2.24, 2.45) is 0 Å². The molecule has 5 heteroatoms. The normalized spacial score (nSPS) is 12.6. The Bertz CT molecular complexity index is 1030. The van der Waals surface area contributed by atoms with Crippen LogP contribution in [0.3, 0.4) is 0 Å². The van der Waals surface area contributed by atoms with Gasteiger partial charge in [-0.25, -0.2) is 0 Å². The van der Waals surface area contributed by atoms with Gasteiger partial charge in [-0.1, -0.05) is 30.3 Å². The molecule has 1 aliphatic rings. The first-order valence-electron chi connectivity index (χ1n) is 8.95. The van der Waals surface area contributed by atoms with Gasteiger partial charge in [0.2, 0.25) is 5.91 Å². The molecule has 3 aromatic rings. The Morgan fingerprint density at radius 2 is 1.85 bits per heavy atom. The first-order valence-corrected chi connectivity index (χ1v) is 10.2. The number of thioether (sulfide) groups is 1. The maximum Gasteiger partial charge on any atom is 0.258 e. The van der Waals surface area contributed by atoms with Crippen molar-refractivity contribution >= 4 is 45.7 Å². The van der Waals surface area contributed by atoms with E-state index in [9.17, 15) is 9.59 Å². The minimum atomic E-state index is -0.0318. The molecule has 0 bridgehead atoms. The second-order valence-corrected chi connectivity index (χ2v) is 7.40. The first kappa shape index (κ1) is 17.6. The van der Waals surface area contributed by atoms with Crippen LogP contribution >= 0.6 is 11.8 Å². The molecule has 0 atom stereocenters. The first-order chi connectivity index (χ1) is 13.2. The molecule has 2 amide bonds. The van der Waals surface area contributed by atoms with E-state index in [2.05, 4.69) is 5.32 Å². The Kier molecular flexibility index (Phi) is 4.86. The molecular formula is C22H20N2O2S. The smallest absolute Gasteiger partial charge is 0.258 e. The summed E-state index contributed by atoms with van der Waals surface area (Å²) < 4.78 is 0. The summed E-state index contributed by atoms with van der Waals surface area (Å²) in [6.45, 7) is 0.533. The van der Waals surface area contributed by atoms with Crippen molar-refractivity contribution in [2.45, 2.75) is 17.7 Å². The molecule has 3 aromatic carbocycles. The van der Waals surface area contributed by atoms with Crippen molar-refractivity contribution in [1.29, 1.82) is 0 Å². The molecule has 4 rings (SSSR count). The zero-order chi connectivity index (χ0) is 18.8. The fourth-order valence-corrected chi connectivity index (χ4v) is 3.98. The third-order valence-electron chi connectivity index (χ3n) is 4.79. The number of rotatable bonds is 6. The highest BCUT2D eigenvalue weighted by molar-refractivity contribution is 7.98. The SMILES string of the molecule is CSc1cccc(NC(=O)CCCN2C(=O)c3cccc4cccc2c34)c1. The van der Waals surface area contributed by atoms with E-state index in [1.54, 1.807) is 16.7 Å². The summed E-state index contributed by atoms with van der Waals surface area (Å²) in [6, 6.07) is 19.6. The third-order valence-corrected chi connectivity index (χ3v) is 5.51. The van der Waals surface area contributed by atoms with Gasteiger partial charge in [0.25, 0.3) is 5.91 Å². The number of carbonyl (C=O) groups excluding carboxylic acids is 2. The van der Waals surface area contributed by atoms with Crippen molar-refractivity contribution in [1.82, 2.24) is 0 Å². The quantitative estimate of drug-likeness (QED) is 0.620. The Morgan fingerprint density at radius 1 is 1.07 bits per heavy atom. The van der Waals surface area contributed by atoms with Crippen molar-refractivity contribution in [3.8, 4) is 0 Å². The number of nitrogens with one attached hydrogen (secondary N) is 1. The summed E-state index contributed by atoms with van der Waals surface area (Å²) in [5, 5.41) is 5.03. The number of hydrogen-bond donors (Lipinski definition) is 1. The van der Waals surface area contributed by atoms with Gasteiger partial charge in [0, 0.05) is 34.5 Å². The third kappa shape index (κ3) is 3.43. The topological polar surface area (TPSA) is 49.4 Å². The molecule has 0 spiro atoms. The average molecular weight is 376 g/mol. The van der Waals surface area contributed by atoms with Gasteiger partial charge in [0.05, 0.1) is 5.69 Å². The molecule has 0 radical (unpaired) electrons. The number of carbonyl (C=O) groups is 2. The van der Waals surface area contributed by atoms with E-state index in [1.807, 2.05) is 66.9 Å². The molecule has 136 valence electrons. The van der Waals surface area contributed by atoms with E-state index in [4.69, 9.17) is 0 Å². The van der Waals surface area contributed by atoms with Crippen LogP contribution in [0.1, 0.15) is 23.2 Å². The van der Waals surface area contributed by atoms with Crippen LogP contribution in [-0.2, 0) is 4.79 Å². The van der Waals surface area contributed by atoms with E-state index in [1.165, 1.54) is 0 Å². The fourth-order valence-electron chi connectivity index (χ4n) is 3.52. The van der Waals surface area contributed by atoms with Crippen molar-refractivity contribution in [3.63, 3.8) is 0 Å². The highest BCUT2D eigenvalue weighted by Crippen LogP contribution is 2.37. The van der Waals surface area contributed by atoms with Gasteiger partial charge < -0.3 is 10.2 Å². The lowest BCUT2D eigenvalue weighted by molar-refractivity contribution is -0.116. The Labute approximate surface area is 162 Å². The molecule has 4 nitrogen and oxygen atoms in total. The molecule has 0 aromatic heterocycles. The summed E-state index contributed by atoms with van der Waals surface area (Å²) in [6.07, 6.45) is 3.00. The maximum absolute atomic E-state index is 12.7. The molecule has 1 N–H and O–H groups in total. The van der Waals surface area contributed by atoms with Crippen LogP contribution in [0.15, 0.2) is 65.6 Å². The number of benzene rings is 3. The predicted molar refractivity (Wildman–Crippen MR) is 112 cm³/mol. The Balaban J connectivity index is 1.39. The van der Waals surface area contributed by atoms with Crippen molar-refractivity contribution in [2.75, 3.05) is 23.0 Å². The van der Waals surface area contributed by atoms with Gasteiger partial charge in [0.15, 0.2) is 0 Å². The minimum absolute atomic E-state index is 0.0230. The lowest BCUT2D eigenvalue weighted by Crippen LogP contribution is -2.28. The van der Waals surface area contributed by atoms with E-state index in [0.29, 0.717) is 19.4 Å². The second-order valence-electron chi connectivity index (χ2n) is 6.52. The summed E-state index contributed by atoms with van der Waals surface area (Å²) >= 11 is 1.64. The van der Waals surface area contributed by atoms with Gasteiger partial charge in [-0.15, -0.1) is 11.8 Å². The standard InChI is InChI=1S/C22H20N2O2S/c1-27-17-9-4-8-16(14-17)23-20(25)12-5-13-24-19-11-3-7-15-6-2-10-18(21(15)19)22(24)26/h2-4,6-11,14H,5,12-13H2,1H3,(H,23,25). The van der Waals surface area contributed by atoms with Gasteiger partial charge in [-0.3, -0.25) is 9.59 Å². The predicted octanol–water partition coefficient (Wildman–Crippen LogP) is 4.94. The van der Waals surface area contributed by atoms with Gasteiger partial charge in [-0.05, 0) is 48.4 Å². The van der Waals surface area contributed by atoms with Crippen molar-refractivity contribution in [3.05, 3.63) is 66.2 Å². The molecule has 0 aliphatic carbocycles. The van der Waals surface area contributed by atoms with Crippen LogP contribution in [0.5, 0.6) is 0 Å². The summed E-state index contributed by atoms with van der Waals surface area (Å²) in [5.41, 5.74) is 2.50. The molecule has 0 saturated heterocycles. The van der Waals surface area contributed by atoms with E-state index in [-0.39, 0.29) is 11.8 Å². The fraction of sp³-hybridized carbons (Fsp3) is 0.182. The highest BCUT2D eigenvalue weighted by Gasteiger charge is 2.28. The van der Waals surface area contributed by atoms with Gasteiger partial charge >= 0.3 is 0 Å². The monoisotopic (exact) mass is 376 g/mol. The van der Waals surface area contributed by atoms with Crippen LogP contribution in [0.4, 0.5) is 11.4 Å². The van der Waals surface area contributed by atoms with Gasteiger partial charge in [0.1, 0.15) is 0 Å². The number of amides is 2. The highest BCUT2D eigenvalue weighted by atomic mass is 32.2. The lowest BCUT2D eigenvalue weighted by Gasteiger charge is -2.17. The summed E-state index contributed by atoms with van der Waals surface area (Å²) in [5.74, 6) is -0.00879. The number of nitrogens with zero attached hydrogens (tertiary/aromatic N) is 1. The molecule has 1 aliphatic heterocycles. The van der Waals surface area contributed by atoms with Crippen LogP contribution in [0.2, 0.25) is 0 Å².